The Bertz CT molecular complexity index is 960. The van der Waals surface area contributed by atoms with Crippen LogP contribution in [0, 0.1) is 11.8 Å². The SMILES string of the molecule is C[C@H]1C[C@H](C)CN(S(=O)(=O)c2ccc(C(=O)NCc3ccc(N(C)C)cc3)cc2)C1. The number of hydrogen-bond acceptors (Lipinski definition) is 4. The predicted octanol–water partition coefficient (Wildman–Crippen LogP) is 3.35. The Kier molecular flexibility index (Phi) is 6.83. The van der Waals surface area contributed by atoms with Crippen LogP contribution in [0.3, 0.4) is 0 Å². The van der Waals surface area contributed by atoms with Gasteiger partial charge < -0.3 is 10.2 Å². The second kappa shape index (κ2) is 9.18. The van der Waals surface area contributed by atoms with Crippen molar-refractivity contribution in [2.45, 2.75) is 31.7 Å². The molecule has 1 N–H and O–H groups in total. The minimum atomic E-state index is -3.54. The van der Waals surface area contributed by atoms with Gasteiger partial charge in [0.1, 0.15) is 0 Å². The highest BCUT2D eigenvalue weighted by Gasteiger charge is 2.31. The third-order valence-corrected chi connectivity index (χ3v) is 7.34. The number of hydrogen-bond donors (Lipinski definition) is 1. The maximum atomic E-state index is 13.0. The van der Waals surface area contributed by atoms with Gasteiger partial charge in [-0.2, -0.15) is 4.31 Å². The number of piperidine rings is 1. The summed E-state index contributed by atoms with van der Waals surface area (Å²) in [5.41, 5.74) is 2.54. The molecule has 0 radical (unpaired) electrons. The van der Waals surface area contributed by atoms with Gasteiger partial charge in [-0.25, -0.2) is 8.42 Å². The summed E-state index contributed by atoms with van der Waals surface area (Å²) in [5, 5.41) is 2.88. The number of carbonyl (C=O) groups is 1. The normalized spacial score (nSPS) is 20.0. The van der Waals surface area contributed by atoms with Gasteiger partial charge in [-0.05, 0) is 60.2 Å². The summed E-state index contributed by atoms with van der Waals surface area (Å²) in [6.45, 7) is 5.67. The molecule has 1 amide bonds. The molecule has 2 aromatic carbocycles. The molecule has 0 aliphatic carbocycles. The van der Waals surface area contributed by atoms with E-state index in [0.717, 1.165) is 17.7 Å². The quantitative estimate of drug-likeness (QED) is 0.765. The fourth-order valence-electron chi connectivity index (χ4n) is 3.93. The van der Waals surface area contributed by atoms with Crippen molar-refractivity contribution in [1.82, 2.24) is 9.62 Å². The average Bonchev–Trinajstić information content (AvgIpc) is 2.71. The minimum absolute atomic E-state index is 0.226. The number of carbonyl (C=O) groups excluding carboxylic acids is 1. The van der Waals surface area contributed by atoms with E-state index in [1.54, 1.807) is 16.4 Å². The first kappa shape index (κ1) is 22.3. The Morgan fingerprint density at radius 1 is 1.00 bits per heavy atom. The van der Waals surface area contributed by atoms with E-state index in [-0.39, 0.29) is 10.8 Å². The van der Waals surface area contributed by atoms with Crippen LogP contribution < -0.4 is 10.2 Å². The van der Waals surface area contributed by atoms with E-state index in [9.17, 15) is 13.2 Å². The molecule has 0 saturated carbocycles. The second-order valence-electron chi connectivity index (χ2n) is 8.54. The molecule has 1 fully saturated rings. The summed E-state index contributed by atoms with van der Waals surface area (Å²) >= 11 is 0. The number of amides is 1. The monoisotopic (exact) mass is 429 g/mol. The van der Waals surface area contributed by atoms with Crippen molar-refractivity contribution in [2.75, 3.05) is 32.1 Å². The maximum absolute atomic E-state index is 13.0. The molecule has 7 heteroatoms. The van der Waals surface area contributed by atoms with Crippen molar-refractivity contribution in [3.8, 4) is 0 Å². The van der Waals surface area contributed by atoms with Gasteiger partial charge in [0.25, 0.3) is 5.91 Å². The van der Waals surface area contributed by atoms with Crippen LogP contribution in [0.1, 0.15) is 36.2 Å². The molecule has 1 aliphatic heterocycles. The van der Waals surface area contributed by atoms with Crippen LogP contribution in [0.2, 0.25) is 0 Å². The lowest BCUT2D eigenvalue weighted by molar-refractivity contribution is 0.0951. The van der Waals surface area contributed by atoms with Gasteiger partial charge in [-0.1, -0.05) is 26.0 Å². The number of nitrogens with zero attached hydrogens (tertiary/aromatic N) is 2. The average molecular weight is 430 g/mol. The number of benzene rings is 2. The zero-order valence-electron chi connectivity index (χ0n) is 18.1. The first-order valence-electron chi connectivity index (χ1n) is 10.3. The molecule has 0 aromatic heterocycles. The molecule has 1 aliphatic rings. The van der Waals surface area contributed by atoms with E-state index in [1.165, 1.54) is 12.1 Å². The van der Waals surface area contributed by atoms with E-state index in [2.05, 4.69) is 19.2 Å². The molecule has 162 valence electrons. The molecule has 2 atom stereocenters. The highest BCUT2D eigenvalue weighted by atomic mass is 32.2. The molecular weight excluding hydrogens is 398 g/mol. The third kappa shape index (κ3) is 5.21. The van der Waals surface area contributed by atoms with Crippen LogP contribution >= 0.6 is 0 Å². The summed E-state index contributed by atoms with van der Waals surface area (Å²) in [4.78, 5) is 14.7. The Balaban J connectivity index is 1.63. The van der Waals surface area contributed by atoms with Crippen LogP contribution in [0.15, 0.2) is 53.4 Å². The highest BCUT2D eigenvalue weighted by Crippen LogP contribution is 2.26. The van der Waals surface area contributed by atoms with Gasteiger partial charge in [-0.3, -0.25) is 4.79 Å². The largest absolute Gasteiger partial charge is 0.378 e. The van der Waals surface area contributed by atoms with Gasteiger partial charge in [0.05, 0.1) is 4.90 Å². The standard InChI is InChI=1S/C23H31N3O3S/c1-17-13-18(2)16-26(15-17)30(28,29)22-11-7-20(8-12-22)23(27)24-14-19-5-9-21(10-6-19)25(3)4/h5-12,17-18H,13-16H2,1-4H3,(H,24,27)/t17-,18-/m0/s1. The maximum Gasteiger partial charge on any atom is 0.251 e. The van der Waals surface area contributed by atoms with Crippen LogP contribution in [-0.4, -0.2) is 45.8 Å². The van der Waals surface area contributed by atoms with E-state index >= 15 is 0 Å². The lowest BCUT2D eigenvalue weighted by Gasteiger charge is -2.34. The number of anilines is 1. The van der Waals surface area contributed by atoms with Crippen LogP contribution in [0.25, 0.3) is 0 Å². The number of rotatable bonds is 6. The Hall–Kier alpha value is -2.38. The summed E-state index contributed by atoms with van der Waals surface area (Å²) in [5.74, 6) is 0.469. The Morgan fingerprint density at radius 2 is 1.57 bits per heavy atom. The van der Waals surface area contributed by atoms with E-state index in [4.69, 9.17) is 0 Å². The fraction of sp³-hybridized carbons (Fsp3) is 0.435. The molecule has 0 bridgehead atoms. The van der Waals surface area contributed by atoms with Crippen molar-refractivity contribution in [2.24, 2.45) is 11.8 Å². The lowest BCUT2D eigenvalue weighted by atomic mass is 9.94. The zero-order valence-corrected chi connectivity index (χ0v) is 18.9. The Morgan fingerprint density at radius 3 is 2.10 bits per heavy atom. The minimum Gasteiger partial charge on any atom is -0.378 e. The van der Waals surface area contributed by atoms with Crippen molar-refractivity contribution >= 4 is 21.6 Å². The molecule has 0 spiro atoms. The Labute approximate surface area is 179 Å². The fourth-order valence-corrected chi connectivity index (χ4v) is 5.61. The van der Waals surface area contributed by atoms with Gasteiger partial charge in [0.2, 0.25) is 10.0 Å². The first-order chi connectivity index (χ1) is 14.2. The third-order valence-electron chi connectivity index (χ3n) is 5.50. The molecular formula is C23H31N3O3S. The van der Waals surface area contributed by atoms with E-state index in [0.29, 0.717) is 37.0 Å². The van der Waals surface area contributed by atoms with Crippen molar-refractivity contribution in [3.63, 3.8) is 0 Å². The summed E-state index contributed by atoms with van der Waals surface area (Å²) in [6, 6.07) is 14.2. The second-order valence-corrected chi connectivity index (χ2v) is 10.5. The van der Waals surface area contributed by atoms with Gasteiger partial charge in [-0.15, -0.1) is 0 Å². The summed E-state index contributed by atoms with van der Waals surface area (Å²) < 4.78 is 27.5. The van der Waals surface area contributed by atoms with Crippen molar-refractivity contribution in [1.29, 1.82) is 0 Å². The molecule has 6 nitrogen and oxygen atoms in total. The van der Waals surface area contributed by atoms with Gasteiger partial charge in [0, 0.05) is 45.0 Å². The van der Waals surface area contributed by atoms with E-state index < -0.39 is 10.0 Å². The molecule has 2 aromatic rings. The topological polar surface area (TPSA) is 69.7 Å². The van der Waals surface area contributed by atoms with Crippen LogP contribution in [0.5, 0.6) is 0 Å². The molecule has 0 unspecified atom stereocenters. The predicted molar refractivity (Wildman–Crippen MR) is 120 cm³/mol. The highest BCUT2D eigenvalue weighted by molar-refractivity contribution is 7.89. The van der Waals surface area contributed by atoms with Crippen LogP contribution in [0.4, 0.5) is 5.69 Å². The van der Waals surface area contributed by atoms with Gasteiger partial charge in [0.15, 0.2) is 0 Å². The van der Waals surface area contributed by atoms with Crippen molar-refractivity contribution < 1.29 is 13.2 Å². The molecule has 1 saturated heterocycles. The smallest absolute Gasteiger partial charge is 0.251 e. The summed E-state index contributed by atoms with van der Waals surface area (Å²) in [6.07, 6.45) is 1.04. The molecule has 30 heavy (non-hydrogen) atoms. The summed E-state index contributed by atoms with van der Waals surface area (Å²) in [7, 11) is 0.419. The number of nitrogens with one attached hydrogen (secondary N) is 1. The molecule has 3 rings (SSSR count). The van der Waals surface area contributed by atoms with Gasteiger partial charge >= 0.3 is 0 Å². The lowest BCUT2D eigenvalue weighted by Crippen LogP contribution is -2.42. The zero-order chi connectivity index (χ0) is 21.9. The van der Waals surface area contributed by atoms with Crippen LogP contribution in [-0.2, 0) is 16.6 Å². The number of sulfonamides is 1. The molecule has 1 heterocycles. The first-order valence-corrected chi connectivity index (χ1v) is 11.8. The van der Waals surface area contributed by atoms with Crippen molar-refractivity contribution in [3.05, 3.63) is 59.7 Å². The van der Waals surface area contributed by atoms with E-state index in [1.807, 2.05) is 43.3 Å².